The molecule has 78 valence electrons. The lowest BCUT2D eigenvalue weighted by atomic mass is 10.2. The van der Waals surface area contributed by atoms with Crippen LogP contribution in [0, 0.1) is 15.9 Å². The van der Waals surface area contributed by atoms with E-state index < -0.39 is 16.4 Å². The van der Waals surface area contributed by atoms with Crippen molar-refractivity contribution >= 4 is 11.5 Å². The average Bonchev–Trinajstić information content (AvgIpc) is 2.16. The van der Waals surface area contributed by atoms with E-state index in [0.29, 0.717) is 10.6 Å². The monoisotopic (exact) mass is 210 g/mol. The van der Waals surface area contributed by atoms with E-state index in [0.717, 1.165) is 12.1 Å². The Hall–Kier alpha value is -2.18. The standard InChI is InChI=1S/C8H7FN4O2/c9-5-2-6-4(1-7(5)13(14)15)8(10)12-3-11-6/h1-2,12H,3,10H2. The van der Waals surface area contributed by atoms with Gasteiger partial charge in [0.1, 0.15) is 12.5 Å². The third-order valence-corrected chi connectivity index (χ3v) is 2.07. The minimum Gasteiger partial charge on any atom is -0.385 e. The molecule has 0 unspecified atom stereocenters. The summed E-state index contributed by atoms with van der Waals surface area (Å²) < 4.78 is 13.2. The second-order valence-electron chi connectivity index (χ2n) is 2.98. The highest BCUT2D eigenvalue weighted by Gasteiger charge is 2.16. The summed E-state index contributed by atoms with van der Waals surface area (Å²) in [5, 5.41) is 13.9. The van der Waals surface area contributed by atoms with Crippen molar-refractivity contribution in [3.8, 4) is 0 Å². The van der Waals surface area contributed by atoms with Gasteiger partial charge in [0, 0.05) is 17.4 Å². The summed E-state index contributed by atoms with van der Waals surface area (Å²) in [5.41, 5.74) is 4.96. The maximum Gasteiger partial charge on any atom is 0.305 e. The quantitative estimate of drug-likeness (QED) is 0.456. The van der Waals surface area contributed by atoms with Gasteiger partial charge in [0.2, 0.25) is 5.82 Å². The highest BCUT2D eigenvalue weighted by molar-refractivity contribution is 5.43. The van der Waals surface area contributed by atoms with Crippen LogP contribution in [0.1, 0.15) is 0 Å². The Kier molecular flexibility index (Phi) is 2.00. The van der Waals surface area contributed by atoms with E-state index in [1.54, 1.807) is 0 Å². The third-order valence-electron chi connectivity index (χ3n) is 2.07. The van der Waals surface area contributed by atoms with Crippen LogP contribution in [0.4, 0.5) is 10.1 Å². The van der Waals surface area contributed by atoms with Gasteiger partial charge in [0.15, 0.2) is 0 Å². The van der Waals surface area contributed by atoms with Crippen molar-refractivity contribution in [2.45, 2.75) is 0 Å². The first-order valence-corrected chi connectivity index (χ1v) is 4.11. The predicted octanol–water partition coefficient (Wildman–Crippen LogP) is -1.06. The average molecular weight is 210 g/mol. The zero-order valence-electron chi connectivity index (χ0n) is 7.53. The number of hydrogen-bond donors (Lipinski definition) is 2. The lowest BCUT2D eigenvalue weighted by molar-refractivity contribution is -0.387. The largest absolute Gasteiger partial charge is 0.385 e. The van der Waals surface area contributed by atoms with E-state index >= 15 is 0 Å². The summed E-state index contributed by atoms with van der Waals surface area (Å²) in [4.78, 5) is 13.6. The Morgan fingerprint density at radius 1 is 1.60 bits per heavy atom. The molecule has 1 aromatic rings. The molecule has 0 amide bonds. The lowest BCUT2D eigenvalue weighted by Gasteiger charge is -2.08. The van der Waals surface area contributed by atoms with Gasteiger partial charge < -0.3 is 11.1 Å². The van der Waals surface area contributed by atoms with E-state index in [4.69, 9.17) is 5.73 Å². The molecule has 0 fully saturated rings. The SMILES string of the molecule is NC1=c2cc([N+](=O)[O-])c(F)cc2=NCN1. The van der Waals surface area contributed by atoms with Crippen LogP contribution in [0.2, 0.25) is 0 Å². The molecular formula is C8H7FN4O2. The number of rotatable bonds is 1. The zero-order chi connectivity index (χ0) is 11.0. The molecule has 0 spiro atoms. The molecule has 1 heterocycles. The van der Waals surface area contributed by atoms with Gasteiger partial charge in [-0.2, -0.15) is 4.39 Å². The van der Waals surface area contributed by atoms with E-state index in [2.05, 4.69) is 10.3 Å². The van der Waals surface area contributed by atoms with Crippen LogP contribution < -0.4 is 21.6 Å². The number of nitro benzene ring substituents is 1. The van der Waals surface area contributed by atoms with Crippen molar-refractivity contribution in [3.63, 3.8) is 0 Å². The second-order valence-corrected chi connectivity index (χ2v) is 2.98. The first kappa shape index (κ1) is 9.38. The lowest BCUT2D eigenvalue weighted by Crippen LogP contribution is -2.41. The summed E-state index contributed by atoms with van der Waals surface area (Å²) in [6.07, 6.45) is 0. The minimum atomic E-state index is -0.905. The Bertz CT molecular complexity index is 554. The van der Waals surface area contributed by atoms with Crippen molar-refractivity contribution in [2.75, 3.05) is 6.67 Å². The van der Waals surface area contributed by atoms with Gasteiger partial charge in [-0.05, 0) is 0 Å². The van der Waals surface area contributed by atoms with E-state index in [1.165, 1.54) is 0 Å². The van der Waals surface area contributed by atoms with Gasteiger partial charge in [0.25, 0.3) is 0 Å². The first-order valence-electron chi connectivity index (χ1n) is 4.11. The van der Waals surface area contributed by atoms with E-state index in [9.17, 15) is 14.5 Å². The van der Waals surface area contributed by atoms with Gasteiger partial charge in [-0.3, -0.25) is 15.1 Å². The van der Waals surface area contributed by atoms with Gasteiger partial charge in [-0.15, -0.1) is 0 Å². The summed E-state index contributed by atoms with van der Waals surface area (Å²) in [6.45, 7) is 0.246. The molecule has 1 aliphatic rings. The molecule has 0 aromatic heterocycles. The van der Waals surface area contributed by atoms with Crippen LogP contribution in [0.25, 0.3) is 5.82 Å². The Balaban J connectivity index is 2.84. The molecule has 15 heavy (non-hydrogen) atoms. The van der Waals surface area contributed by atoms with Crippen LogP contribution in [-0.2, 0) is 0 Å². The molecule has 0 aliphatic carbocycles. The van der Waals surface area contributed by atoms with Crippen molar-refractivity contribution in [3.05, 3.63) is 38.6 Å². The number of nitrogens with one attached hydrogen (secondary N) is 1. The Morgan fingerprint density at radius 3 is 3.00 bits per heavy atom. The van der Waals surface area contributed by atoms with Crippen LogP contribution in [0.3, 0.4) is 0 Å². The van der Waals surface area contributed by atoms with Crippen molar-refractivity contribution < 1.29 is 9.31 Å². The van der Waals surface area contributed by atoms with Crippen molar-refractivity contribution in [2.24, 2.45) is 10.7 Å². The number of nitrogens with two attached hydrogens (primary N) is 1. The summed E-state index contributed by atoms with van der Waals surface area (Å²) in [5.74, 6) is -0.639. The normalized spacial score (nSPS) is 13.8. The summed E-state index contributed by atoms with van der Waals surface area (Å²) in [6, 6.07) is 2.09. The Morgan fingerprint density at radius 2 is 2.33 bits per heavy atom. The highest BCUT2D eigenvalue weighted by Crippen LogP contribution is 2.11. The maximum atomic E-state index is 13.2. The van der Waals surface area contributed by atoms with E-state index in [1.807, 2.05) is 0 Å². The molecule has 0 saturated heterocycles. The van der Waals surface area contributed by atoms with Gasteiger partial charge in [-0.25, -0.2) is 0 Å². The van der Waals surface area contributed by atoms with Crippen molar-refractivity contribution in [1.29, 1.82) is 0 Å². The predicted molar refractivity (Wildman–Crippen MR) is 49.4 cm³/mol. The summed E-state index contributed by atoms with van der Waals surface area (Å²) >= 11 is 0. The number of nitro groups is 1. The molecular weight excluding hydrogens is 203 g/mol. The van der Waals surface area contributed by atoms with Crippen LogP contribution in [0.15, 0.2) is 17.1 Å². The number of hydrogen-bond acceptors (Lipinski definition) is 5. The molecule has 0 radical (unpaired) electrons. The molecule has 0 atom stereocenters. The Labute approximate surface area is 83.1 Å². The number of nitrogens with zero attached hydrogens (tertiary/aromatic N) is 2. The zero-order valence-corrected chi connectivity index (χ0v) is 7.53. The molecule has 0 saturated carbocycles. The molecule has 1 aliphatic heterocycles. The second kappa shape index (κ2) is 3.19. The third kappa shape index (κ3) is 1.47. The minimum absolute atomic E-state index is 0.246. The fourth-order valence-corrected chi connectivity index (χ4v) is 1.34. The van der Waals surface area contributed by atoms with Crippen LogP contribution >= 0.6 is 0 Å². The van der Waals surface area contributed by atoms with Gasteiger partial charge in [-0.1, -0.05) is 0 Å². The number of fused-ring (bicyclic) bond motifs is 1. The topological polar surface area (TPSA) is 93.5 Å². The fourth-order valence-electron chi connectivity index (χ4n) is 1.34. The van der Waals surface area contributed by atoms with Gasteiger partial charge in [0.05, 0.1) is 10.3 Å². The fraction of sp³-hybridized carbons (Fsp3) is 0.125. The number of halogens is 1. The van der Waals surface area contributed by atoms with E-state index in [-0.39, 0.29) is 12.5 Å². The van der Waals surface area contributed by atoms with Crippen molar-refractivity contribution in [1.82, 2.24) is 5.32 Å². The van der Waals surface area contributed by atoms with Crippen LogP contribution in [0.5, 0.6) is 0 Å². The van der Waals surface area contributed by atoms with Crippen LogP contribution in [-0.4, -0.2) is 11.6 Å². The molecule has 0 bridgehead atoms. The molecule has 1 aromatic carbocycles. The number of benzene rings is 1. The highest BCUT2D eigenvalue weighted by atomic mass is 19.1. The molecule has 6 nitrogen and oxygen atoms in total. The summed E-state index contributed by atoms with van der Waals surface area (Å²) in [7, 11) is 0. The molecule has 3 N–H and O–H groups in total. The molecule has 2 rings (SSSR count). The maximum absolute atomic E-state index is 13.2. The molecule has 7 heteroatoms. The smallest absolute Gasteiger partial charge is 0.305 e. The first-order chi connectivity index (χ1) is 7.09. The van der Waals surface area contributed by atoms with Gasteiger partial charge >= 0.3 is 5.69 Å².